The lowest BCUT2D eigenvalue weighted by molar-refractivity contribution is 0.0504. The van der Waals surface area contributed by atoms with Crippen molar-refractivity contribution in [3.63, 3.8) is 0 Å². The summed E-state index contributed by atoms with van der Waals surface area (Å²) in [5.74, 6) is 1.63. The Bertz CT molecular complexity index is 408. The van der Waals surface area contributed by atoms with Crippen molar-refractivity contribution in [2.75, 3.05) is 13.9 Å². The second-order valence-electron chi connectivity index (χ2n) is 4.26. The van der Waals surface area contributed by atoms with Gasteiger partial charge in [0.1, 0.15) is 17.1 Å². The topological polar surface area (TPSA) is 27.7 Å². The van der Waals surface area contributed by atoms with Gasteiger partial charge in [0, 0.05) is 7.11 Å². The molecule has 16 heavy (non-hydrogen) atoms. The van der Waals surface area contributed by atoms with Gasteiger partial charge in [-0.2, -0.15) is 0 Å². The van der Waals surface area contributed by atoms with Crippen LogP contribution in [-0.2, 0) is 4.74 Å². The molecule has 1 heterocycles. The Kier molecular flexibility index (Phi) is 2.88. The summed E-state index contributed by atoms with van der Waals surface area (Å²) in [7, 11) is 1.60. The highest BCUT2D eigenvalue weighted by Gasteiger charge is 2.23. The van der Waals surface area contributed by atoms with Gasteiger partial charge in [-0.25, -0.2) is 0 Å². The molecule has 0 radical (unpaired) electrons. The average molecular weight is 220 g/mol. The van der Waals surface area contributed by atoms with Gasteiger partial charge in [-0.3, -0.25) is 0 Å². The number of methoxy groups -OCH3 is 1. The Balaban J connectivity index is 2.31. The summed E-state index contributed by atoms with van der Waals surface area (Å²) in [4.78, 5) is 0. The summed E-state index contributed by atoms with van der Waals surface area (Å²) in [6, 6.07) is 5.77. The molecule has 0 spiro atoms. The minimum Gasteiger partial charge on any atom is -0.483 e. The normalized spacial score (nSPS) is 16.4. The molecule has 3 nitrogen and oxygen atoms in total. The molecule has 0 amide bonds. The number of ether oxygens (including phenoxy) is 3. The van der Waals surface area contributed by atoms with Crippen LogP contribution in [0.25, 0.3) is 6.08 Å². The lowest BCUT2D eigenvalue weighted by atomic mass is 10.0. The van der Waals surface area contributed by atoms with E-state index in [0.717, 1.165) is 17.1 Å². The molecule has 1 aliphatic heterocycles. The maximum atomic E-state index is 5.83. The van der Waals surface area contributed by atoms with Crippen molar-refractivity contribution < 1.29 is 14.2 Å². The van der Waals surface area contributed by atoms with Crippen LogP contribution in [-0.4, -0.2) is 19.5 Å². The van der Waals surface area contributed by atoms with Gasteiger partial charge in [0.25, 0.3) is 0 Å². The van der Waals surface area contributed by atoms with Gasteiger partial charge in [-0.1, -0.05) is 6.07 Å². The van der Waals surface area contributed by atoms with E-state index in [1.807, 2.05) is 44.2 Å². The lowest BCUT2D eigenvalue weighted by Crippen LogP contribution is -2.27. The monoisotopic (exact) mass is 220 g/mol. The summed E-state index contributed by atoms with van der Waals surface area (Å²) in [5.41, 5.74) is 0.714. The molecular weight excluding hydrogens is 204 g/mol. The zero-order valence-electron chi connectivity index (χ0n) is 9.82. The third-order valence-corrected chi connectivity index (χ3v) is 2.38. The fraction of sp³-hybridized carbons (Fsp3) is 0.385. The van der Waals surface area contributed by atoms with E-state index < -0.39 is 0 Å². The van der Waals surface area contributed by atoms with Crippen LogP contribution in [0.1, 0.15) is 19.4 Å². The standard InChI is InChI=1S/C13H16O3/c1-13(2)8-7-10-11(15-9-14-3)5-4-6-12(10)16-13/h4-8H,9H2,1-3H3. The molecule has 3 heteroatoms. The lowest BCUT2D eigenvalue weighted by Gasteiger charge is -2.28. The zero-order chi connectivity index (χ0) is 11.6. The number of hydrogen-bond acceptors (Lipinski definition) is 3. The smallest absolute Gasteiger partial charge is 0.188 e. The highest BCUT2D eigenvalue weighted by molar-refractivity contribution is 5.67. The second-order valence-corrected chi connectivity index (χ2v) is 4.26. The summed E-state index contributed by atoms with van der Waals surface area (Å²) in [6.07, 6.45) is 4.05. The van der Waals surface area contributed by atoms with Crippen molar-refractivity contribution >= 4 is 6.08 Å². The Hall–Kier alpha value is -1.48. The molecule has 0 fully saturated rings. The van der Waals surface area contributed by atoms with E-state index in [0.29, 0.717) is 0 Å². The number of hydrogen-bond donors (Lipinski definition) is 0. The van der Waals surface area contributed by atoms with Gasteiger partial charge in [-0.05, 0) is 38.1 Å². The highest BCUT2D eigenvalue weighted by atomic mass is 16.7. The molecule has 0 N–H and O–H groups in total. The summed E-state index contributed by atoms with van der Waals surface area (Å²) < 4.78 is 16.2. The molecule has 1 aromatic carbocycles. The molecular formula is C13H16O3. The van der Waals surface area contributed by atoms with E-state index in [1.165, 1.54) is 0 Å². The second kappa shape index (κ2) is 4.18. The van der Waals surface area contributed by atoms with E-state index in [-0.39, 0.29) is 12.4 Å². The first-order valence-corrected chi connectivity index (χ1v) is 5.25. The molecule has 0 aromatic heterocycles. The molecule has 0 aliphatic carbocycles. The van der Waals surface area contributed by atoms with Crippen molar-refractivity contribution in [1.82, 2.24) is 0 Å². The zero-order valence-corrected chi connectivity index (χ0v) is 9.82. The first-order chi connectivity index (χ1) is 7.62. The van der Waals surface area contributed by atoms with Crippen LogP contribution in [0.3, 0.4) is 0 Å². The molecule has 1 aromatic rings. The summed E-state index contributed by atoms with van der Waals surface area (Å²) >= 11 is 0. The molecule has 0 saturated heterocycles. The summed E-state index contributed by atoms with van der Waals surface area (Å²) in [6.45, 7) is 4.29. The van der Waals surface area contributed by atoms with Gasteiger partial charge in [0.05, 0.1) is 5.56 Å². The van der Waals surface area contributed by atoms with E-state index in [2.05, 4.69) is 0 Å². The van der Waals surface area contributed by atoms with Crippen molar-refractivity contribution in [1.29, 1.82) is 0 Å². The van der Waals surface area contributed by atoms with Crippen molar-refractivity contribution in [3.8, 4) is 11.5 Å². The number of rotatable bonds is 3. The van der Waals surface area contributed by atoms with Crippen LogP contribution in [0, 0.1) is 0 Å². The Labute approximate surface area is 95.6 Å². The predicted octanol–water partition coefficient (Wildman–Crippen LogP) is 2.85. The quantitative estimate of drug-likeness (QED) is 0.733. The molecule has 0 unspecified atom stereocenters. The molecule has 0 bridgehead atoms. The molecule has 0 saturated carbocycles. The minimum absolute atomic E-state index is 0.244. The number of benzene rings is 1. The van der Waals surface area contributed by atoms with Gasteiger partial charge in [0.15, 0.2) is 6.79 Å². The minimum atomic E-state index is -0.257. The third kappa shape index (κ3) is 2.19. The van der Waals surface area contributed by atoms with Crippen molar-refractivity contribution in [3.05, 3.63) is 29.8 Å². The van der Waals surface area contributed by atoms with Gasteiger partial charge in [0.2, 0.25) is 0 Å². The average Bonchev–Trinajstić information content (AvgIpc) is 2.24. The number of fused-ring (bicyclic) bond motifs is 1. The molecule has 1 aliphatic rings. The SMILES string of the molecule is COCOc1cccc2c1C=CC(C)(C)O2. The Morgan fingerprint density at radius 3 is 2.88 bits per heavy atom. The Morgan fingerprint density at radius 2 is 2.12 bits per heavy atom. The summed E-state index contributed by atoms with van der Waals surface area (Å²) in [5, 5.41) is 0. The maximum Gasteiger partial charge on any atom is 0.188 e. The van der Waals surface area contributed by atoms with Crippen LogP contribution in [0.5, 0.6) is 11.5 Å². The van der Waals surface area contributed by atoms with Crippen LogP contribution in [0.15, 0.2) is 24.3 Å². The van der Waals surface area contributed by atoms with Crippen LogP contribution < -0.4 is 9.47 Å². The fourth-order valence-corrected chi connectivity index (χ4v) is 1.63. The molecule has 2 rings (SSSR count). The van der Waals surface area contributed by atoms with Gasteiger partial charge in [-0.15, -0.1) is 0 Å². The highest BCUT2D eigenvalue weighted by Crippen LogP contribution is 2.36. The fourth-order valence-electron chi connectivity index (χ4n) is 1.63. The van der Waals surface area contributed by atoms with Crippen molar-refractivity contribution in [2.24, 2.45) is 0 Å². The van der Waals surface area contributed by atoms with Crippen molar-refractivity contribution in [2.45, 2.75) is 19.4 Å². The first-order valence-electron chi connectivity index (χ1n) is 5.25. The largest absolute Gasteiger partial charge is 0.483 e. The van der Waals surface area contributed by atoms with Crippen LogP contribution in [0.4, 0.5) is 0 Å². The predicted molar refractivity (Wildman–Crippen MR) is 62.7 cm³/mol. The molecule has 86 valence electrons. The Morgan fingerprint density at radius 1 is 1.31 bits per heavy atom. The first kappa shape index (κ1) is 11.0. The van der Waals surface area contributed by atoms with E-state index in [4.69, 9.17) is 14.2 Å². The van der Waals surface area contributed by atoms with Gasteiger partial charge < -0.3 is 14.2 Å². The third-order valence-electron chi connectivity index (χ3n) is 2.38. The van der Waals surface area contributed by atoms with Crippen LogP contribution in [0.2, 0.25) is 0 Å². The van der Waals surface area contributed by atoms with E-state index in [1.54, 1.807) is 7.11 Å². The van der Waals surface area contributed by atoms with Gasteiger partial charge >= 0.3 is 0 Å². The van der Waals surface area contributed by atoms with E-state index >= 15 is 0 Å². The van der Waals surface area contributed by atoms with Crippen LogP contribution >= 0.6 is 0 Å². The maximum absolute atomic E-state index is 5.83. The van der Waals surface area contributed by atoms with E-state index in [9.17, 15) is 0 Å². The molecule has 0 atom stereocenters.